The molecule has 0 saturated carbocycles. The van der Waals surface area contributed by atoms with Crippen molar-refractivity contribution in [3.63, 3.8) is 0 Å². The summed E-state index contributed by atoms with van der Waals surface area (Å²) in [5, 5.41) is 1.54. The minimum atomic E-state index is -0.575. The molecule has 0 bridgehead atoms. The number of halogens is 3. The van der Waals surface area contributed by atoms with Crippen molar-refractivity contribution in [2.45, 2.75) is 0 Å². The molecule has 0 atom stereocenters. The Bertz CT molecular complexity index is 1350. The fourth-order valence-corrected chi connectivity index (χ4v) is 3.60. The highest BCUT2D eigenvalue weighted by atomic mass is 35.5. The minimum Gasteiger partial charge on any atom is -0.482 e. The molecule has 4 aromatic rings. The van der Waals surface area contributed by atoms with Gasteiger partial charge in [-0.15, -0.1) is 0 Å². The van der Waals surface area contributed by atoms with E-state index in [0.717, 1.165) is 4.68 Å². The van der Waals surface area contributed by atoms with Gasteiger partial charge in [0.15, 0.2) is 12.4 Å². The Hall–Kier alpha value is -3.06. The van der Waals surface area contributed by atoms with Crippen LogP contribution >= 0.6 is 34.8 Å². The van der Waals surface area contributed by atoms with E-state index >= 15 is 0 Å². The Morgan fingerprint density at radius 2 is 1.74 bits per heavy atom. The van der Waals surface area contributed by atoms with Gasteiger partial charge in [-0.05, 0) is 42.5 Å². The number of ether oxygens (including phenoxy) is 1. The summed E-state index contributed by atoms with van der Waals surface area (Å²) in [4.78, 5) is 30.2. The van der Waals surface area contributed by atoms with E-state index in [0.29, 0.717) is 32.3 Å². The average molecular weight is 475 g/mol. The minimum absolute atomic E-state index is 0.240. The van der Waals surface area contributed by atoms with Gasteiger partial charge in [-0.25, -0.2) is 4.98 Å². The third-order valence-corrected chi connectivity index (χ3v) is 5.11. The van der Waals surface area contributed by atoms with Crippen LogP contribution < -0.4 is 15.7 Å². The first-order chi connectivity index (χ1) is 14.9. The van der Waals surface area contributed by atoms with Crippen molar-refractivity contribution in [3.05, 3.63) is 92.2 Å². The van der Waals surface area contributed by atoms with Crippen LogP contribution in [-0.2, 0) is 4.79 Å². The Labute approximate surface area is 191 Å². The van der Waals surface area contributed by atoms with E-state index in [1.807, 2.05) is 0 Å². The highest BCUT2D eigenvalue weighted by Crippen LogP contribution is 2.27. The maximum Gasteiger partial charge on any atom is 0.280 e. The molecule has 0 radical (unpaired) electrons. The van der Waals surface area contributed by atoms with E-state index in [9.17, 15) is 9.59 Å². The molecule has 4 rings (SSSR count). The lowest BCUT2D eigenvalue weighted by atomic mass is 10.2. The van der Waals surface area contributed by atoms with Crippen molar-refractivity contribution >= 4 is 51.6 Å². The van der Waals surface area contributed by atoms with Crippen molar-refractivity contribution in [2.75, 3.05) is 12.0 Å². The van der Waals surface area contributed by atoms with E-state index in [-0.39, 0.29) is 17.5 Å². The number of carbonyl (C=O) groups is 1. The fourth-order valence-electron chi connectivity index (χ4n) is 2.95. The Balaban J connectivity index is 1.68. The number of benzene rings is 3. The largest absolute Gasteiger partial charge is 0.482 e. The molecule has 0 saturated heterocycles. The third kappa shape index (κ3) is 4.66. The molecular formula is C22H14Cl3N3O3. The van der Waals surface area contributed by atoms with E-state index in [1.165, 1.54) is 6.07 Å². The number of hydrogen-bond acceptors (Lipinski definition) is 4. The van der Waals surface area contributed by atoms with Crippen LogP contribution in [0.1, 0.15) is 0 Å². The fraction of sp³-hybridized carbons (Fsp3) is 0.0455. The summed E-state index contributed by atoms with van der Waals surface area (Å²) in [7, 11) is 0. The summed E-state index contributed by atoms with van der Waals surface area (Å²) in [6.07, 6.45) is 0. The zero-order valence-electron chi connectivity index (χ0n) is 15.8. The molecule has 1 N–H and O–H groups in total. The lowest BCUT2D eigenvalue weighted by molar-refractivity contribution is -0.119. The molecule has 1 heterocycles. The molecule has 1 aromatic heterocycles. The number of rotatable bonds is 5. The Kier molecular flexibility index (Phi) is 6.13. The topological polar surface area (TPSA) is 73.2 Å². The van der Waals surface area contributed by atoms with Gasteiger partial charge in [0.05, 0.1) is 15.9 Å². The van der Waals surface area contributed by atoms with Crippen LogP contribution in [0.15, 0.2) is 71.5 Å². The molecule has 31 heavy (non-hydrogen) atoms. The molecule has 1 amide bonds. The molecule has 0 spiro atoms. The molecule has 0 fully saturated rings. The van der Waals surface area contributed by atoms with E-state index in [1.54, 1.807) is 60.7 Å². The maximum atomic E-state index is 13.1. The summed E-state index contributed by atoms with van der Waals surface area (Å²) >= 11 is 18.0. The van der Waals surface area contributed by atoms with Crippen molar-refractivity contribution in [1.29, 1.82) is 0 Å². The van der Waals surface area contributed by atoms with Crippen molar-refractivity contribution in [3.8, 4) is 17.1 Å². The van der Waals surface area contributed by atoms with Gasteiger partial charge in [0, 0.05) is 15.6 Å². The van der Waals surface area contributed by atoms with Crippen LogP contribution in [0.4, 0.5) is 0 Å². The second kappa shape index (κ2) is 8.98. The third-order valence-electron chi connectivity index (χ3n) is 4.35. The highest BCUT2D eigenvalue weighted by Gasteiger charge is 2.16. The van der Waals surface area contributed by atoms with Crippen molar-refractivity contribution in [1.82, 2.24) is 9.66 Å². The second-order valence-corrected chi connectivity index (χ2v) is 7.78. The quantitative estimate of drug-likeness (QED) is 0.433. The van der Waals surface area contributed by atoms with Crippen LogP contribution in [0.5, 0.6) is 5.75 Å². The monoisotopic (exact) mass is 473 g/mol. The second-order valence-electron chi connectivity index (χ2n) is 6.50. The molecular weight excluding hydrogens is 461 g/mol. The first-order valence-corrected chi connectivity index (χ1v) is 10.2. The summed E-state index contributed by atoms with van der Waals surface area (Å²) in [5.74, 6) is -0.0437. The van der Waals surface area contributed by atoms with Crippen LogP contribution in [0.25, 0.3) is 22.3 Å². The lowest BCUT2D eigenvalue weighted by Gasteiger charge is -2.15. The van der Waals surface area contributed by atoms with Gasteiger partial charge in [0.2, 0.25) is 0 Å². The van der Waals surface area contributed by atoms with E-state index < -0.39 is 11.5 Å². The number of carbonyl (C=O) groups excluding carboxylic acids is 1. The molecule has 3 aromatic carbocycles. The smallest absolute Gasteiger partial charge is 0.280 e. The molecule has 0 aliphatic rings. The number of nitrogens with zero attached hydrogens (tertiary/aromatic N) is 2. The number of aromatic nitrogens is 2. The summed E-state index contributed by atoms with van der Waals surface area (Å²) in [5.41, 5.74) is 3.19. The number of hydrogen-bond donors (Lipinski definition) is 1. The summed E-state index contributed by atoms with van der Waals surface area (Å²) in [6, 6.07) is 18.4. The number of fused-ring (bicyclic) bond motifs is 1. The summed E-state index contributed by atoms with van der Waals surface area (Å²) in [6.45, 7) is -0.379. The van der Waals surface area contributed by atoms with Gasteiger partial charge in [0.1, 0.15) is 5.75 Å². The number of amides is 1. The molecule has 9 heteroatoms. The SMILES string of the molecule is O=C(COc1ccc(Cl)cc1Cl)Nn1c(-c2cccc(Cl)c2)nc2ccccc2c1=O. The maximum absolute atomic E-state index is 13.1. The predicted molar refractivity (Wildman–Crippen MR) is 123 cm³/mol. The molecule has 0 unspecified atom stereocenters. The zero-order chi connectivity index (χ0) is 22.0. The van der Waals surface area contributed by atoms with Gasteiger partial charge in [0.25, 0.3) is 11.5 Å². The van der Waals surface area contributed by atoms with E-state index in [4.69, 9.17) is 39.5 Å². The standard InChI is InChI=1S/C22H14Cl3N3O3/c23-14-5-3-4-13(10-14)21-26-18-7-2-1-6-16(18)22(30)28(21)27-20(29)12-31-19-9-8-15(24)11-17(19)25/h1-11H,12H2,(H,27,29). The summed E-state index contributed by atoms with van der Waals surface area (Å²) < 4.78 is 6.54. The van der Waals surface area contributed by atoms with Gasteiger partial charge in [-0.1, -0.05) is 59.1 Å². The zero-order valence-corrected chi connectivity index (χ0v) is 18.1. The van der Waals surface area contributed by atoms with Crippen LogP contribution in [0.2, 0.25) is 15.1 Å². The van der Waals surface area contributed by atoms with Crippen LogP contribution in [0, 0.1) is 0 Å². The van der Waals surface area contributed by atoms with Crippen molar-refractivity contribution in [2.24, 2.45) is 0 Å². The predicted octanol–water partition coefficient (Wildman–Crippen LogP) is 5.17. The van der Waals surface area contributed by atoms with Crippen LogP contribution in [-0.4, -0.2) is 22.2 Å². The number of nitrogens with one attached hydrogen (secondary N) is 1. The average Bonchev–Trinajstić information content (AvgIpc) is 2.75. The van der Waals surface area contributed by atoms with Gasteiger partial charge in [-0.2, -0.15) is 4.68 Å². The first kappa shape index (κ1) is 21.2. The van der Waals surface area contributed by atoms with Gasteiger partial charge >= 0.3 is 0 Å². The lowest BCUT2D eigenvalue weighted by Crippen LogP contribution is -2.37. The first-order valence-electron chi connectivity index (χ1n) is 9.08. The van der Waals surface area contributed by atoms with E-state index in [2.05, 4.69) is 10.4 Å². The molecule has 0 aliphatic heterocycles. The Morgan fingerprint density at radius 3 is 2.52 bits per heavy atom. The van der Waals surface area contributed by atoms with Gasteiger partial charge < -0.3 is 4.74 Å². The van der Waals surface area contributed by atoms with Gasteiger partial charge in [-0.3, -0.25) is 15.0 Å². The molecule has 0 aliphatic carbocycles. The molecule has 6 nitrogen and oxygen atoms in total. The highest BCUT2D eigenvalue weighted by molar-refractivity contribution is 6.35. The van der Waals surface area contributed by atoms with Crippen molar-refractivity contribution < 1.29 is 9.53 Å². The Morgan fingerprint density at radius 1 is 0.968 bits per heavy atom. The number of para-hydroxylation sites is 1. The molecule has 156 valence electrons. The van der Waals surface area contributed by atoms with Crippen LogP contribution in [0.3, 0.4) is 0 Å². The normalized spacial score (nSPS) is 10.8.